The fourth-order valence-electron chi connectivity index (χ4n) is 2.08. The molecule has 1 rings (SSSR count). The number of hydrogen-bond acceptors (Lipinski definition) is 4. The number of hydrogen-bond donors (Lipinski definition) is 1. The van der Waals surface area contributed by atoms with Crippen LogP contribution in [0.2, 0.25) is 0 Å². The molecule has 0 amide bonds. The summed E-state index contributed by atoms with van der Waals surface area (Å²) in [6.07, 6.45) is 0. The maximum Gasteiger partial charge on any atom is 0.326 e. The Balaban J connectivity index is 2.79. The van der Waals surface area contributed by atoms with E-state index in [1.54, 1.807) is 6.92 Å². The highest BCUT2D eigenvalue weighted by atomic mass is 16.5. The summed E-state index contributed by atoms with van der Waals surface area (Å²) in [6, 6.07) is 7.50. The maximum absolute atomic E-state index is 11.9. The largest absolute Gasteiger partial charge is 0.491 e. The molecule has 0 fully saturated rings. The minimum atomic E-state index is -0.442. The van der Waals surface area contributed by atoms with Crippen LogP contribution in [0.4, 0.5) is 0 Å². The van der Waals surface area contributed by atoms with Crippen molar-refractivity contribution in [3.05, 3.63) is 29.8 Å². The van der Waals surface area contributed by atoms with E-state index in [0.717, 1.165) is 11.3 Å². The lowest BCUT2D eigenvalue weighted by Crippen LogP contribution is -2.42. The molecule has 1 N–H and O–H groups in total. The summed E-state index contributed by atoms with van der Waals surface area (Å²) < 4.78 is 10.9. The van der Waals surface area contributed by atoms with Crippen LogP contribution in [0, 0.1) is 0 Å². The highest BCUT2D eigenvalue weighted by Gasteiger charge is 2.22. The van der Waals surface area contributed by atoms with Crippen LogP contribution in [0.25, 0.3) is 0 Å². The molecule has 4 nitrogen and oxygen atoms in total. The van der Waals surface area contributed by atoms with Crippen LogP contribution in [0.3, 0.4) is 0 Å². The molecule has 0 saturated heterocycles. The van der Waals surface area contributed by atoms with Gasteiger partial charge in [-0.15, -0.1) is 0 Å². The number of rotatable bonds is 7. The third-order valence-corrected chi connectivity index (χ3v) is 3.12. The number of carbonyl (C=O) groups is 1. The van der Waals surface area contributed by atoms with Crippen LogP contribution in [-0.4, -0.2) is 31.8 Å². The van der Waals surface area contributed by atoms with Gasteiger partial charge in [0.2, 0.25) is 0 Å². The van der Waals surface area contributed by atoms with E-state index >= 15 is 0 Å². The smallest absolute Gasteiger partial charge is 0.326 e. The molecule has 0 heterocycles. The van der Waals surface area contributed by atoms with E-state index in [0.29, 0.717) is 13.2 Å². The molecule has 0 aliphatic rings. The average molecular weight is 293 g/mol. The summed E-state index contributed by atoms with van der Waals surface area (Å²) in [6.45, 7) is 11.5. The van der Waals surface area contributed by atoms with Crippen LogP contribution in [0.5, 0.6) is 5.75 Å². The first-order valence-electron chi connectivity index (χ1n) is 7.52. The zero-order valence-corrected chi connectivity index (χ0v) is 13.7. The van der Waals surface area contributed by atoms with Crippen LogP contribution >= 0.6 is 0 Å². The standard InChI is InChI=1S/C17H27NO3/c1-6-18-14(16(19)20-7-2)12-21-15-11-9-8-10-13(15)17(3,4)5/h8-11,14,18H,6-7,12H2,1-5H3. The fraction of sp³-hybridized carbons (Fsp3) is 0.588. The van der Waals surface area contributed by atoms with Gasteiger partial charge >= 0.3 is 5.97 Å². The molecule has 0 spiro atoms. The third kappa shape index (κ3) is 5.38. The lowest BCUT2D eigenvalue weighted by Gasteiger charge is -2.24. The van der Waals surface area contributed by atoms with Gasteiger partial charge in [-0.1, -0.05) is 45.9 Å². The summed E-state index contributed by atoms with van der Waals surface area (Å²) in [4.78, 5) is 11.9. The van der Waals surface area contributed by atoms with Gasteiger partial charge in [0.15, 0.2) is 0 Å². The minimum absolute atomic E-state index is 0.00575. The summed E-state index contributed by atoms with van der Waals surface area (Å²) in [5, 5.41) is 3.10. The topological polar surface area (TPSA) is 47.6 Å². The Labute approximate surface area is 127 Å². The Morgan fingerprint density at radius 1 is 1.24 bits per heavy atom. The Morgan fingerprint density at radius 3 is 2.48 bits per heavy atom. The Bertz CT molecular complexity index is 452. The van der Waals surface area contributed by atoms with Gasteiger partial charge < -0.3 is 14.8 Å². The summed E-state index contributed by atoms with van der Waals surface area (Å²) in [5.74, 6) is 0.546. The van der Waals surface area contributed by atoms with Gasteiger partial charge in [0.05, 0.1) is 6.61 Å². The van der Waals surface area contributed by atoms with Crippen LogP contribution in [0.15, 0.2) is 24.3 Å². The lowest BCUT2D eigenvalue weighted by molar-refractivity contribution is -0.146. The minimum Gasteiger partial charge on any atom is -0.491 e. The van der Waals surface area contributed by atoms with E-state index in [1.807, 2.05) is 25.1 Å². The molecule has 0 aliphatic heterocycles. The lowest BCUT2D eigenvalue weighted by atomic mass is 9.86. The number of ether oxygens (including phenoxy) is 2. The molecule has 0 radical (unpaired) electrons. The molecule has 0 saturated carbocycles. The molecule has 4 heteroatoms. The van der Waals surface area contributed by atoms with Crippen molar-refractivity contribution in [1.82, 2.24) is 5.32 Å². The van der Waals surface area contributed by atoms with Gasteiger partial charge in [-0.3, -0.25) is 4.79 Å². The first-order valence-corrected chi connectivity index (χ1v) is 7.52. The van der Waals surface area contributed by atoms with E-state index in [9.17, 15) is 4.79 Å². The number of benzene rings is 1. The van der Waals surface area contributed by atoms with Gasteiger partial charge in [-0.05, 0) is 30.5 Å². The molecule has 118 valence electrons. The molecular formula is C17H27NO3. The van der Waals surface area contributed by atoms with Gasteiger partial charge in [0.1, 0.15) is 18.4 Å². The van der Waals surface area contributed by atoms with Gasteiger partial charge in [-0.2, -0.15) is 0 Å². The predicted molar refractivity (Wildman–Crippen MR) is 84.7 cm³/mol. The number of para-hydroxylation sites is 1. The van der Waals surface area contributed by atoms with Crippen molar-refractivity contribution < 1.29 is 14.3 Å². The number of esters is 1. The summed E-state index contributed by atoms with van der Waals surface area (Å²) in [5.41, 5.74) is 1.12. The monoisotopic (exact) mass is 293 g/mol. The molecule has 1 aromatic rings. The molecule has 0 aromatic heterocycles. The van der Waals surface area contributed by atoms with Crippen molar-refractivity contribution in [3.63, 3.8) is 0 Å². The van der Waals surface area contributed by atoms with Crippen molar-refractivity contribution in [2.24, 2.45) is 0 Å². The van der Waals surface area contributed by atoms with Crippen LogP contribution in [0.1, 0.15) is 40.2 Å². The predicted octanol–water partition coefficient (Wildman–Crippen LogP) is 2.90. The molecule has 1 aromatic carbocycles. The normalized spacial score (nSPS) is 12.8. The van der Waals surface area contributed by atoms with Crippen molar-refractivity contribution >= 4 is 5.97 Å². The first kappa shape index (κ1) is 17.5. The quantitative estimate of drug-likeness (QED) is 0.785. The molecule has 0 bridgehead atoms. The van der Waals surface area contributed by atoms with Crippen molar-refractivity contribution in [1.29, 1.82) is 0 Å². The van der Waals surface area contributed by atoms with E-state index < -0.39 is 6.04 Å². The Kier molecular flexibility index (Phi) is 6.69. The van der Waals surface area contributed by atoms with E-state index in [1.165, 1.54) is 0 Å². The summed E-state index contributed by atoms with van der Waals surface area (Å²) >= 11 is 0. The van der Waals surface area contributed by atoms with Gasteiger partial charge in [-0.25, -0.2) is 0 Å². The molecule has 21 heavy (non-hydrogen) atoms. The molecule has 1 unspecified atom stereocenters. The van der Waals surface area contributed by atoms with Gasteiger partial charge in [0.25, 0.3) is 0 Å². The van der Waals surface area contributed by atoms with Crippen LogP contribution in [-0.2, 0) is 14.9 Å². The summed E-state index contributed by atoms with van der Waals surface area (Å²) in [7, 11) is 0. The zero-order chi connectivity index (χ0) is 15.9. The first-order chi connectivity index (χ1) is 9.90. The highest BCUT2D eigenvalue weighted by Crippen LogP contribution is 2.30. The average Bonchev–Trinajstić information content (AvgIpc) is 2.43. The molecule has 1 atom stereocenters. The van der Waals surface area contributed by atoms with Gasteiger partial charge in [0, 0.05) is 0 Å². The highest BCUT2D eigenvalue weighted by molar-refractivity contribution is 5.76. The second kappa shape index (κ2) is 8.03. The van der Waals surface area contributed by atoms with Crippen molar-refractivity contribution in [2.75, 3.05) is 19.8 Å². The molecular weight excluding hydrogens is 266 g/mol. The van der Waals surface area contributed by atoms with E-state index in [-0.39, 0.29) is 18.0 Å². The van der Waals surface area contributed by atoms with E-state index in [2.05, 4.69) is 32.2 Å². The Hall–Kier alpha value is -1.55. The zero-order valence-electron chi connectivity index (χ0n) is 13.7. The van der Waals surface area contributed by atoms with E-state index in [4.69, 9.17) is 9.47 Å². The fourth-order valence-corrected chi connectivity index (χ4v) is 2.08. The van der Waals surface area contributed by atoms with Crippen molar-refractivity contribution in [2.45, 2.75) is 46.1 Å². The maximum atomic E-state index is 11.9. The number of carbonyl (C=O) groups excluding carboxylic acids is 1. The molecule has 0 aliphatic carbocycles. The number of likely N-dealkylation sites (N-methyl/N-ethyl adjacent to an activating group) is 1. The second-order valence-electron chi connectivity index (χ2n) is 5.92. The third-order valence-electron chi connectivity index (χ3n) is 3.12. The number of nitrogens with one attached hydrogen (secondary N) is 1. The second-order valence-corrected chi connectivity index (χ2v) is 5.92. The van der Waals surface area contributed by atoms with Crippen molar-refractivity contribution in [3.8, 4) is 5.75 Å². The van der Waals surface area contributed by atoms with Crippen LogP contribution < -0.4 is 10.1 Å². The Morgan fingerprint density at radius 2 is 1.90 bits per heavy atom. The SMILES string of the molecule is CCNC(COc1ccccc1C(C)(C)C)C(=O)OCC.